The molecular formula is C50H72BF2N3O8P+2. The summed E-state index contributed by atoms with van der Waals surface area (Å²) in [7, 11) is 0.957. The quantitative estimate of drug-likeness (QED) is 0.0158. The van der Waals surface area contributed by atoms with Crippen LogP contribution in [0.5, 0.6) is 0 Å². The summed E-state index contributed by atoms with van der Waals surface area (Å²) in [6.07, 6.45) is 19.3. The molecule has 3 heterocycles. The molecule has 2 aliphatic heterocycles. The van der Waals surface area contributed by atoms with E-state index >= 15 is 8.63 Å². The Bertz CT molecular complexity index is 2050. The van der Waals surface area contributed by atoms with Gasteiger partial charge < -0.3 is 41.2 Å². The lowest BCUT2D eigenvalue weighted by Gasteiger charge is -2.31. The number of benzene rings is 2. The number of aromatic nitrogens is 1. The summed E-state index contributed by atoms with van der Waals surface area (Å²) >= 11 is 0. The van der Waals surface area contributed by atoms with Gasteiger partial charge in [-0.1, -0.05) is 133 Å². The molecule has 0 saturated heterocycles. The van der Waals surface area contributed by atoms with Crippen LogP contribution in [0.3, 0.4) is 0 Å². The van der Waals surface area contributed by atoms with E-state index in [9.17, 15) is 19.4 Å². The molecule has 0 bridgehead atoms. The molecule has 1 N–H and O–H groups in total. The Morgan fingerprint density at radius 2 is 1.35 bits per heavy atom. The zero-order valence-electron chi connectivity index (χ0n) is 39.1. The molecule has 1 aromatic heterocycles. The van der Waals surface area contributed by atoms with E-state index in [4.69, 9.17) is 18.5 Å². The van der Waals surface area contributed by atoms with Gasteiger partial charge in [0.15, 0.2) is 17.5 Å². The summed E-state index contributed by atoms with van der Waals surface area (Å²) in [5.74, 6) is -0.855. The fraction of sp³-hybridized carbons (Fsp3) is 0.540. The first-order valence-electron chi connectivity index (χ1n) is 23.9. The maximum atomic E-state index is 16.9. The molecule has 0 spiro atoms. The van der Waals surface area contributed by atoms with Crippen LogP contribution in [0, 0.1) is 0 Å². The minimum Gasteiger partial charge on any atom is -0.603 e. The van der Waals surface area contributed by atoms with Crippen molar-refractivity contribution < 1.29 is 55.5 Å². The van der Waals surface area contributed by atoms with Gasteiger partial charge >= 0.3 is 27.1 Å². The summed E-state index contributed by atoms with van der Waals surface area (Å²) in [6, 6.07) is 22.2. The van der Waals surface area contributed by atoms with Crippen LogP contribution < -0.4 is 4.89 Å². The van der Waals surface area contributed by atoms with Crippen LogP contribution in [-0.4, -0.2) is 96.5 Å². The molecule has 2 aromatic carbocycles. The van der Waals surface area contributed by atoms with Crippen molar-refractivity contribution in [2.24, 2.45) is 0 Å². The van der Waals surface area contributed by atoms with Crippen molar-refractivity contribution in [2.45, 2.75) is 129 Å². The summed E-state index contributed by atoms with van der Waals surface area (Å²) < 4.78 is 57.9. The van der Waals surface area contributed by atoms with Gasteiger partial charge in [-0.3, -0.25) is 4.79 Å². The molecule has 0 saturated carbocycles. The number of hydrogen-bond donors (Lipinski definition) is 0. The molecule has 1 radical (unpaired) electrons. The average molecular weight is 923 g/mol. The van der Waals surface area contributed by atoms with Crippen molar-refractivity contribution in [3.63, 3.8) is 0 Å². The summed E-state index contributed by atoms with van der Waals surface area (Å²) in [6.45, 7) is -2.63. The first kappa shape index (κ1) is 51.9. The second kappa shape index (κ2) is 25.8. The van der Waals surface area contributed by atoms with Crippen LogP contribution >= 0.6 is 8.17 Å². The Morgan fingerprint density at radius 1 is 0.769 bits per heavy atom. The van der Waals surface area contributed by atoms with Crippen LogP contribution in [0.1, 0.15) is 139 Å². The highest BCUT2D eigenvalue weighted by molar-refractivity contribution is 7.52. The number of nitrogens with zero attached hydrogens (tertiary/aromatic N) is 3. The first-order valence-corrected chi connectivity index (χ1v) is 25.4. The first-order chi connectivity index (χ1) is 31.2. The molecule has 3 aromatic rings. The van der Waals surface area contributed by atoms with E-state index < -0.39 is 33.8 Å². The van der Waals surface area contributed by atoms with Gasteiger partial charge in [0.1, 0.15) is 26.2 Å². The van der Waals surface area contributed by atoms with Crippen molar-refractivity contribution in [1.82, 2.24) is 4.48 Å². The smallest absolute Gasteiger partial charge is 0.603 e. The Labute approximate surface area is 386 Å². The number of hydrogen-bond acceptors (Lipinski definition) is 6. The molecule has 0 unspecified atom stereocenters. The molecule has 0 fully saturated rings. The lowest BCUT2D eigenvalue weighted by Crippen LogP contribution is -2.51. The number of carbonyl (C=O) groups is 1. The van der Waals surface area contributed by atoms with Crippen molar-refractivity contribution in [3.05, 3.63) is 107 Å². The normalized spacial score (nSPS) is 15.8. The van der Waals surface area contributed by atoms with Crippen LogP contribution in [0.25, 0.3) is 11.6 Å². The Hall–Kier alpha value is -4.04. The molecule has 0 aliphatic carbocycles. The zero-order valence-corrected chi connectivity index (χ0v) is 40.0. The van der Waals surface area contributed by atoms with Gasteiger partial charge in [-0.2, -0.15) is 9.05 Å². The van der Waals surface area contributed by atoms with E-state index in [-0.39, 0.29) is 32.0 Å². The molecule has 355 valence electrons. The number of rotatable bonds is 31. The molecule has 15 heteroatoms. The fourth-order valence-electron chi connectivity index (χ4n) is 8.30. The van der Waals surface area contributed by atoms with E-state index in [1.54, 1.807) is 12.1 Å². The molecular weight excluding hydrogens is 850 g/mol. The number of likely N-dealkylation sites (N-methyl/N-ethyl adjacent to an activating group) is 1. The van der Waals surface area contributed by atoms with Gasteiger partial charge in [-0.25, -0.2) is 0 Å². The number of allylic oxidation sites excluding steroid dienone is 2. The topological polar surface area (TPSA) is 126 Å². The van der Waals surface area contributed by atoms with Crippen LogP contribution in [-0.2, 0) is 34.6 Å². The van der Waals surface area contributed by atoms with Gasteiger partial charge in [0.05, 0.1) is 26.7 Å². The summed E-state index contributed by atoms with van der Waals surface area (Å²) in [4.78, 5) is 48.8. The number of unbranched alkanes of at least 4 members (excludes halogenated alkanes) is 13. The van der Waals surface area contributed by atoms with Gasteiger partial charge in [0.2, 0.25) is 6.61 Å². The summed E-state index contributed by atoms with van der Waals surface area (Å²) in [5.41, 5.74) is 3.97. The second-order valence-electron chi connectivity index (χ2n) is 18.4. The standard InChI is InChI=1S/C50H71BF2N3O8P/c1-5-6-7-8-9-10-11-12-13-14-15-16-23-31-49(57)61-39-45(40-63-65(59,60)62-36-35-56(2,3)4)64-50(58)32-25-24-30-43-33-34-44-37-48-46(41-26-19-17-20-27-41)38-47(42-28-21-18-22-29-42)55(48)51(52,53)54(43)44/h17-22,26-29,33-34,37-38,45H,5-16,23-25,30-32,35-36,39-40H2,1-4H3/q+1/p+1/t45-/m1/s1. The highest BCUT2D eigenvalue weighted by Crippen LogP contribution is 2.49. The number of halogens is 2. The van der Waals surface area contributed by atoms with Crippen molar-refractivity contribution in [3.8, 4) is 0 Å². The van der Waals surface area contributed by atoms with Crippen molar-refractivity contribution in [2.75, 3.05) is 47.5 Å². The second-order valence-corrected chi connectivity index (χ2v) is 19.8. The molecule has 0 amide bonds. The summed E-state index contributed by atoms with van der Waals surface area (Å²) in [5, 5.41) is 0. The fourth-order valence-corrected chi connectivity index (χ4v) is 9.02. The van der Waals surface area contributed by atoms with Crippen molar-refractivity contribution >= 4 is 44.4 Å². The minimum absolute atomic E-state index is 0.0538. The number of ether oxygens (including phenoxy) is 2. The van der Waals surface area contributed by atoms with Crippen LogP contribution in [0.2, 0.25) is 0 Å². The third-order valence-electron chi connectivity index (χ3n) is 11.9. The number of aryl methyl sites for hydroxylation is 1. The lowest BCUT2D eigenvalue weighted by atomic mass is 9.88. The minimum atomic E-state index is -4.74. The van der Waals surface area contributed by atoms with E-state index in [1.165, 1.54) is 62.3 Å². The van der Waals surface area contributed by atoms with Crippen molar-refractivity contribution in [1.29, 1.82) is 0 Å². The average Bonchev–Trinajstić information content (AvgIpc) is 3.88. The van der Waals surface area contributed by atoms with E-state index in [0.29, 0.717) is 58.7 Å². The molecule has 5 rings (SSSR count). The predicted octanol–water partition coefficient (Wildman–Crippen LogP) is 10.5. The number of quaternary nitrogens is 1. The zero-order chi connectivity index (χ0) is 46.7. The Morgan fingerprint density at radius 3 is 1.97 bits per heavy atom. The predicted molar refractivity (Wildman–Crippen MR) is 254 cm³/mol. The third kappa shape index (κ3) is 16.7. The van der Waals surface area contributed by atoms with E-state index in [0.717, 1.165) is 41.3 Å². The molecule has 65 heavy (non-hydrogen) atoms. The monoisotopic (exact) mass is 923 g/mol. The van der Waals surface area contributed by atoms with Gasteiger partial charge in [0.25, 0.3) is 0 Å². The highest BCUT2D eigenvalue weighted by atomic mass is 31.2. The molecule has 1 atom stereocenters. The highest BCUT2D eigenvalue weighted by Gasteiger charge is 2.54. The van der Waals surface area contributed by atoms with Gasteiger partial charge in [-0.05, 0) is 61.2 Å². The van der Waals surface area contributed by atoms with Crippen LogP contribution in [0.15, 0.2) is 84.6 Å². The molecule has 11 nitrogen and oxygen atoms in total. The SMILES string of the molecule is CCCCCCCCCCCCCCCC(=[OH+])OC[C@H](CO[P+]([O])([O-])OCC[N+](C)(C)C)OC(=O)CCCCc1ccc2n1[B-](F)(F)[N+]1=C(c3ccccc3)C=C(c3ccccc3)C1=C2. The molecule has 2 aliphatic rings. The number of fused-ring (bicyclic) bond motifs is 2. The lowest BCUT2D eigenvalue weighted by molar-refractivity contribution is -0.870. The van der Waals surface area contributed by atoms with Crippen LogP contribution in [0.4, 0.5) is 8.63 Å². The number of esters is 2. The van der Waals surface area contributed by atoms with E-state index in [1.807, 2.05) is 94.0 Å². The number of carbonyl (C=O) groups excluding carboxylic acids is 2. The Kier molecular flexibility index (Phi) is 20.6. The largest absolute Gasteiger partial charge is 0.737 e. The maximum absolute atomic E-state index is 16.9. The maximum Gasteiger partial charge on any atom is 0.737 e. The third-order valence-corrected chi connectivity index (χ3v) is 12.9. The van der Waals surface area contributed by atoms with Gasteiger partial charge in [0, 0.05) is 34.7 Å². The van der Waals surface area contributed by atoms with E-state index in [2.05, 4.69) is 6.92 Å². The van der Waals surface area contributed by atoms with Gasteiger partial charge in [-0.15, -0.1) is 0 Å². The Balaban J connectivity index is 1.12.